The quantitative estimate of drug-likeness (QED) is 0.693. The van der Waals surface area contributed by atoms with Crippen molar-refractivity contribution in [3.8, 4) is 10.6 Å². The highest BCUT2D eigenvalue weighted by Gasteiger charge is 2.21. The summed E-state index contributed by atoms with van der Waals surface area (Å²) in [7, 11) is 0. The molecule has 2 amide bonds. The Morgan fingerprint density at radius 2 is 2.19 bits per heavy atom. The summed E-state index contributed by atoms with van der Waals surface area (Å²) in [4.78, 5) is 19.1. The van der Waals surface area contributed by atoms with Crippen LogP contribution < -0.4 is 5.32 Å². The van der Waals surface area contributed by atoms with Crippen molar-refractivity contribution in [2.75, 3.05) is 25.0 Å². The van der Waals surface area contributed by atoms with Crippen LogP contribution in [0.4, 0.5) is 14.9 Å². The Morgan fingerprint density at radius 1 is 1.33 bits per heavy atom. The van der Waals surface area contributed by atoms with Crippen LogP contribution in [0.5, 0.6) is 0 Å². The van der Waals surface area contributed by atoms with Gasteiger partial charge >= 0.3 is 6.03 Å². The van der Waals surface area contributed by atoms with E-state index in [9.17, 15) is 9.18 Å². The maximum Gasteiger partial charge on any atom is 0.321 e. The van der Waals surface area contributed by atoms with Gasteiger partial charge in [0, 0.05) is 25.3 Å². The van der Waals surface area contributed by atoms with Gasteiger partial charge in [-0.25, -0.2) is 14.2 Å². The molecule has 7 heteroatoms. The summed E-state index contributed by atoms with van der Waals surface area (Å²) < 4.78 is 20.5. The van der Waals surface area contributed by atoms with Crippen LogP contribution in [0, 0.1) is 5.82 Å². The lowest BCUT2D eigenvalue weighted by Gasteiger charge is -2.23. The van der Waals surface area contributed by atoms with Crippen molar-refractivity contribution >= 4 is 33.3 Å². The summed E-state index contributed by atoms with van der Waals surface area (Å²) in [6.07, 6.45) is 0.793. The molecule has 0 radical (unpaired) electrons. The number of rotatable bonds is 2. The first-order valence-electron chi connectivity index (χ1n) is 8.93. The van der Waals surface area contributed by atoms with Crippen LogP contribution in [0.3, 0.4) is 0 Å². The van der Waals surface area contributed by atoms with E-state index >= 15 is 0 Å². The molecule has 2 heterocycles. The highest BCUT2D eigenvalue weighted by atomic mass is 32.1. The maximum absolute atomic E-state index is 13.9. The number of thiazole rings is 1. The zero-order valence-corrected chi connectivity index (χ0v) is 15.8. The van der Waals surface area contributed by atoms with Gasteiger partial charge in [-0.1, -0.05) is 12.1 Å². The standard InChI is InChI=1S/C20H20FN3O2S/c1-13-12-24(9-4-10-26-13)20(25)23-16-8-7-14(21)11-15(16)19-22-17-5-2-3-6-18(17)27-19/h2-3,5-8,11,13H,4,9-10,12H2,1H3,(H,23,25). The topological polar surface area (TPSA) is 54.5 Å². The van der Waals surface area contributed by atoms with Gasteiger partial charge in [0.25, 0.3) is 0 Å². The SMILES string of the molecule is CC1CN(C(=O)Nc2ccc(F)cc2-c2nc3ccccc3s2)CCCO1. The Balaban J connectivity index is 1.64. The first-order valence-corrected chi connectivity index (χ1v) is 9.75. The number of nitrogens with one attached hydrogen (secondary N) is 1. The summed E-state index contributed by atoms with van der Waals surface area (Å²) in [6.45, 7) is 3.77. The van der Waals surface area contributed by atoms with Gasteiger partial charge in [-0.2, -0.15) is 0 Å². The van der Waals surface area contributed by atoms with Gasteiger partial charge in [-0.3, -0.25) is 0 Å². The third-order valence-corrected chi connectivity index (χ3v) is 5.56. The summed E-state index contributed by atoms with van der Waals surface area (Å²) in [5.74, 6) is -0.362. The monoisotopic (exact) mass is 385 g/mol. The number of amides is 2. The molecule has 1 N–H and O–H groups in total. The number of halogens is 1. The van der Waals surface area contributed by atoms with Crippen molar-refractivity contribution in [3.63, 3.8) is 0 Å². The number of benzene rings is 2. The van der Waals surface area contributed by atoms with Crippen molar-refractivity contribution in [1.29, 1.82) is 0 Å². The summed E-state index contributed by atoms with van der Waals surface area (Å²) >= 11 is 1.48. The molecule has 0 bridgehead atoms. The second-order valence-electron chi connectivity index (χ2n) is 6.59. The van der Waals surface area contributed by atoms with Gasteiger partial charge in [-0.05, 0) is 43.7 Å². The predicted molar refractivity (Wildman–Crippen MR) is 106 cm³/mol. The Kier molecular flexibility index (Phi) is 5.05. The van der Waals surface area contributed by atoms with Gasteiger partial charge in [-0.15, -0.1) is 11.3 Å². The average molecular weight is 385 g/mol. The molecule has 27 heavy (non-hydrogen) atoms. The molecule has 140 valence electrons. The summed E-state index contributed by atoms with van der Waals surface area (Å²) in [5.41, 5.74) is 2.00. The predicted octanol–water partition coefficient (Wildman–Crippen LogP) is 4.75. The normalized spacial score (nSPS) is 17.7. The second kappa shape index (κ2) is 7.62. The lowest BCUT2D eigenvalue weighted by atomic mass is 10.2. The molecule has 2 aromatic carbocycles. The van der Waals surface area contributed by atoms with E-state index < -0.39 is 0 Å². The molecule has 1 fully saturated rings. The van der Waals surface area contributed by atoms with Crippen LogP contribution in [0.1, 0.15) is 13.3 Å². The van der Waals surface area contributed by atoms with E-state index in [2.05, 4.69) is 10.3 Å². The van der Waals surface area contributed by atoms with Gasteiger partial charge in [0.05, 0.1) is 22.0 Å². The number of hydrogen-bond acceptors (Lipinski definition) is 4. The Morgan fingerprint density at radius 3 is 3.04 bits per heavy atom. The van der Waals surface area contributed by atoms with Crippen molar-refractivity contribution in [3.05, 3.63) is 48.3 Å². The molecule has 1 saturated heterocycles. The fraction of sp³-hybridized carbons (Fsp3) is 0.300. The van der Waals surface area contributed by atoms with Crippen LogP contribution in [0.25, 0.3) is 20.8 Å². The van der Waals surface area contributed by atoms with E-state index in [0.717, 1.165) is 16.6 Å². The lowest BCUT2D eigenvalue weighted by molar-refractivity contribution is 0.0718. The third-order valence-electron chi connectivity index (χ3n) is 4.49. The van der Waals surface area contributed by atoms with Crippen LogP contribution >= 0.6 is 11.3 Å². The summed E-state index contributed by atoms with van der Waals surface area (Å²) in [6, 6.07) is 11.9. The molecule has 1 atom stereocenters. The third kappa shape index (κ3) is 3.94. The van der Waals surface area contributed by atoms with Crippen molar-refractivity contribution in [2.45, 2.75) is 19.4 Å². The van der Waals surface area contributed by atoms with Crippen LogP contribution in [-0.4, -0.2) is 41.7 Å². The molecule has 1 aliphatic rings. The number of nitrogens with zero attached hydrogens (tertiary/aromatic N) is 2. The highest BCUT2D eigenvalue weighted by Crippen LogP contribution is 2.35. The minimum atomic E-state index is -0.362. The Labute approximate surface area is 160 Å². The van der Waals surface area contributed by atoms with Gasteiger partial charge in [0.1, 0.15) is 10.8 Å². The number of urea groups is 1. The number of anilines is 1. The summed E-state index contributed by atoms with van der Waals surface area (Å²) in [5, 5.41) is 3.61. The molecule has 4 rings (SSSR count). The zero-order chi connectivity index (χ0) is 18.8. The maximum atomic E-state index is 13.9. The number of aromatic nitrogens is 1. The van der Waals surface area contributed by atoms with E-state index in [-0.39, 0.29) is 18.0 Å². The van der Waals surface area contributed by atoms with Gasteiger partial charge in [0.2, 0.25) is 0 Å². The first kappa shape index (κ1) is 17.9. The molecular weight excluding hydrogens is 365 g/mol. The van der Waals surface area contributed by atoms with Crippen LogP contribution in [0.15, 0.2) is 42.5 Å². The number of ether oxygens (including phenoxy) is 1. The first-order chi connectivity index (χ1) is 13.1. The molecular formula is C20H20FN3O2S. The Hall–Kier alpha value is -2.51. The number of fused-ring (bicyclic) bond motifs is 1. The fourth-order valence-electron chi connectivity index (χ4n) is 3.16. The zero-order valence-electron chi connectivity index (χ0n) is 14.9. The number of carbonyl (C=O) groups is 1. The Bertz CT molecular complexity index is 942. The van der Waals surface area contributed by atoms with Crippen molar-refractivity contribution in [1.82, 2.24) is 9.88 Å². The average Bonchev–Trinajstić information content (AvgIpc) is 2.97. The van der Waals surface area contributed by atoms with Crippen molar-refractivity contribution in [2.24, 2.45) is 0 Å². The van der Waals surface area contributed by atoms with Gasteiger partial charge < -0.3 is 15.0 Å². The highest BCUT2D eigenvalue weighted by molar-refractivity contribution is 7.21. The van der Waals surface area contributed by atoms with E-state index in [1.165, 1.54) is 23.5 Å². The molecule has 0 aliphatic carbocycles. The molecule has 0 saturated carbocycles. The minimum absolute atomic E-state index is 0.00444. The molecule has 1 aliphatic heterocycles. The number of para-hydroxylation sites is 1. The largest absolute Gasteiger partial charge is 0.377 e. The smallest absolute Gasteiger partial charge is 0.321 e. The molecule has 5 nitrogen and oxygen atoms in total. The molecule has 3 aromatic rings. The second-order valence-corrected chi connectivity index (χ2v) is 7.62. The van der Waals surface area contributed by atoms with E-state index in [0.29, 0.717) is 36.0 Å². The van der Waals surface area contributed by atoms with Crippen LogP contribution in [-0.2, 0) is 4.74 Å². The van der Waals surface area contributed by atoms with Gasteiger partial charge in [0.15, 0.2) is 0 Å². The lowest BCUT2D eigenvalue weighted by Crippen LogP contribution is -2.39. The van der Waals surface area contributed by atoms with Crippen LogP contribution in [0.2, 0.25) is 0 Å². The number of hydrogen-bond donors (Lipinski definition) is 1. The van der Waals surface area contributed by atoms with E-state index in [1.54, 1.807) is 11.0 Å². The molecule has 1 unspecified atom stereocenters. The molecule has 1 aromatic heterocycles. The number of carbonyl (C=O) groups excluding carboxylic acids is 1. The minimum Gasteiger partial charge on any atom is -0.377 e. The van der Waals surface area contributed by atoms with E-state index in [4.69, 9.17) is 4.74 Å². The van der Waals surface area contributed by atoms with E-state index in [1.807, 2.05) is 31.2 Å². The molecule has 0 spiro atoms. The van der Waals surface area contributed by atoms with Crippen molar-refractivity contribution < 1.29 is 13.9 Å². The fourth-order valence-corrected chi connectivity index (χ4v) is 4.16.